The lowest BCUT2D eigenvalue weighted by Gasteiger charge is -2.11. The molecule has 0 atom stereocenters. The van der Waals surface area contributed by atoms with Gasteiger partial charge in [0.05, 0.1) is 13.5 Å². The molecular weight excluding hydrogens is 264 g/mol. The maximum atomic E-state index is 10.5. The van der Waals surface area contributed by atoms with Gasteiger partial charge >= 0.3 is 5.97 Å². The number of aromatic hydroxyl groups is 1. The second-order valence-electron chi connectivity index (χ2n) is 3.12. The molecule has 0 bridgehead atoms. The number of hydrogen-bond acceptors (Lipinski definition) is 3. The number of phenols is 1. The van der Waals surface area contributed by atoms with Crippen molar-refractivity contribution in [1.29, 1.82) is 0 Å². The number of ether oxygens (including phenoxy) is 1. The topological polar surface area (TPSA) is 66.8 Å². The van der Waals surface area contributed by atoms with Crippen LogP contribution in [0.1, 0.15) is 11.1 Å². The highest BCUT2D eigenvalue weighted by molar-refractivity contribution is 9.10. The van der Waals surface area contributed by atoms with Gasteiger partial charge in [0, 0.05) is 5.56 Å². The number of carboxylic acid groups (broad SMARTS) is 1. The number of hydrogen-bond donors (Lipinski definition) is 2. The van der Waals surface area contributed by atoms with E-state index in [2.05, 4.69) is 15.9 Å². The highest BCUT2D eigenvalue weighted by atomic mass is 79.9. The summed E-state index contributed by atoms with van der Waals surface area (Å²) in [6.07, 6.45) is -0.213. The predicted molar refractivity (Wildman–Crippen MR) is 58.4 cm³/mol. The molecule has 82 valence electrons. The normalized spacial score (nSPS) is 10.1. The molecule has 0 saturated carbocycles. The monoisotopic (exact) mass is 274 g/mol. The Morgan fingerprint density at radius 3 is 2.67 bits per heavy atom. The molecule has 0 aliphatic rings. The van der Waals surface area contributed by atoms with Crippen LogP contribution in [0.4, 0.5) is 0 Å². The number of phenolic OH excluding ortho intramolecular Hbond substituents is 1. The van der Waals surface area contributed by atoms with Gasteiger partial charge in [-0.15, -0.1) is 0 Å². The Kier molecular flexibility index (Phi) is 3.57. The van der Waals surface area contributed by atoms with Crippen LogP contribution in [0.25, 0.3) is 0 Å². The number of carbonyl (C=O) groups is 1. The van der Waals surface area contributed by atoms with Gasteiger partial charge in [0.2, 0.25) is 0 Å². The van der Waals surface area contributed by atoms with Gasteiger partial charge in [0.25, 0.3) is 0 Å². The Morgan fingerprint density at radius 2 is 2.20 bits per heavy atom. The molecule has 15 heavy (non-hydrogen) atoms. The van der Waals surface area contributed by atoms with Crippen LogP contribution >= 0.6 is 15.9 Å². The highest BCUT2D eigenvalue weighted by Gasteiger charge is 2.15. The quantitative estimate of drug-likeness (QED) is 0.886. The highest BCUT2D eigenvalue weighted by Crippen LogP contribution is 2.39. The van der Waals surface area contributed by atoms with Gasteiger partial charge in [-0.2, -0.15) is 0 Å². The summed E-state index contributed by atoms with van der Waals surface area (Å²) < 4.78 is 5.45. The third kappa shape index (κ3) is 2.41. The summed E-state index contributed by atoms with van der Waals surface area (Å²) in [6, 6.07) is 1.60. The molecule has 0 unspecified atom stereocenters. The molecule has 0 spiro atoms. The fourth-order valence-corrected chi connectivity index (χ4v) is 2.09. The lowest BCUT2D eigenvalue weighted by molar-refractivity contribution is -0.136. The summed E-state index contributed by atoms with van der Waals surface area (Å²) in [5, 5.41) is 18.3. The van der Waals surface area contributed by atoms with Crippen molar-refractivity contribution in [2.75, 3.05) is 7.11 Å². The first-order valence-electron chi connectivity index (χ1n) is 4.24. The Hall–Kier alpha value is -1.23. The average Bonchev–Trinajstić information content (AvgIpc) is 2.14. The number of halogens is 1. The number of benzene rings is 1. The standard InChI is InChI=1S/C10H11BrO4/c1-5-3-6(4-7(12)13)9(14)8(11)10(5)15-2/h3,14H,4H2,1-2H3,(H,12,13). The SMILES string of the molecule is COc1c(C)cc(CC(=O)O)c(O)c1Br. The molecule has 0 saturated heterocycles. The number of carboxylic acids is 1. The molecule has 0 amide bonds. The van der Waals surface area contributed by atoms with Crippen LogP contribution in [-0.2, 0) is 11.2 Å². The van der Waals surface area contributed by atoms with E-state index >= 15 is 0 Å². The van der Waals surface area contributed by atoms with E-state index in [0.717, 1.165) is 5.56 Å². The maximum Gasteiger partial charge on any atom is 0.307 e. The lowest BCUT2D eigenvalue weighted by Crippen LogP contribution is -2.02. The smallest absolute Gasteiger partial charge is 0.307 e. The van der Waals surface area contributed by atoms with Gasteiger partial charge in [0.15, 0.2) is 0 Å². The molecular formula is C10H11BrO4. The van der Waals surface area contributed by atoms with E-state index in [-0.39, 0.29) is 12.2 Å². The largest absolute Gasteiger partial charge is 0.506 e. The van der Waals surface area contributed by atoms with Crippen molar-refractivity contribution in [1.82, 2.24) is 0 Å². The average molecular weight is 275 g/mol. The van der Waals surface area contributed by atoms with Gasteiger partial charge in [-0.25, -0.2) is 0 Å². The zero-order valence-electron chi connectivity index (χ0n) is 8.37. The third-order valence-electron chi connectivity index (χ3n) is 2.01. The van der Waals surface area contributed by atoms with Gasteiger partial charge < -0.3 is 14.9 Å². The molecule has 1 aromatic rings. The minimum absolute atomic E-state index is 0.0835. The van der Waals surface area contributed by atoms with Crippen LogP contribution < -0.4 is 4.74 Å². The van der Waals surface area contributed by atoms with Crippen molar-refractivity contribution in [2.45, 2.75) is 13.3 Å². The Morgan fingerprint density at radius 1 is 1.60 bits per heavy atom. The first-order chi connectivity index (χ1) is 6.97. The molecule has 0 heterocycles. The van der Waals surface area contributed by atoms with Crippen LogP contribution in [0.5, 0.6) is 11.5 Å². The molecule has 0 aromatic heterocycles. The molecule has 4 nitrogen and oxygen atoms in total. The summed E-state index contributed by atoms with van der Waals surface area (Å²) in [5.41, 5.74) is 1.14. The Labute approximate surface area is 95.6 Å². The molecule has 2 N–H and O–H groups in total. The van der Waals surface area contributed by atoms with E-state index in [0.29, 0.717) is 15.8 Å². The third-order valence-corrected chi connectivity index (χ3v) is 2.74. The fourth-order valence-electron chi connectivity index (χ4n) is 1.37. The van der Waals surface area contributed by atoms with Crippen molar-refractivity contribution < 1.29 is 19.7 Å². The number of rotatable bonds is 3. The Balaban J connectivity index is 3.27. The van der Waals surface area contributed by atoms with Crippen molar-refractivity contribution in [3.8, 4) is 11.5 Å². The molecule has 1 rings (SSSR count). The lowest BCUT2D eigenvalue weighted by atomic mass is 10.1. The van der Waals surface area contributed by atoms with Crippen LogP contribution in [0, 0.1) is 6.92 Å². The summed E-state index contributed by atoms with van der Waals surface area (Å²) in [5.74, 6) is -0.553. The molecule has 0 aliphatic carbocycles. The van der Waals surface area contributed by atoms with Gasteiger partial charge in [-0.3, -0.25) is 4.79 Å². The first kappa shape index (κ1) is 11.8. The van der Waals surface area contributed by atoms with Crippen molar-refractivity contribution in [2.24, 2.45) is 0 Å². The van der Waals surface area contributed by atoms with E-state index in [1.807, 2.05) is 0 Å². The number of aryl methyl sites for hydroxylation is 1. The predicted octanol–water partition coefficient (Wildman–Crippen LogP) is 2.10. The van der Waals surface area contributed by atoms with Gasteiger partial charge in [-0.05, 0) is 34.5 Å². The van der Waals surface area contributed by atoms with Gasteiger partial charge in [0.1, 0.15) is 16.0 Å². The van der Waals surface area contributed by atoms with Crippen molar-refractivity contribution in [3.63, 3.8) is 0 Å². The first-order valence-corrected chi connectivity index (χ1v) is 5.03. The van der Waals surface area contributed by atoms with Gasteiger partial charge in [-0.1, -0.05) is 0 Å². The molecule has 5 heteroatoms. The summed E-state index contributed by atoms with van der Waals surface area (Å²) in [6.45, 7) is 1.79. The second-order valence-corrected chi connectivity index (χ2v) is 3.91. The van der Waals surface area contributed by atoms with E-state index < -0.39 is 5.97 Å². The second kappa shape index (κ2) is 4.53. The molecule has 0 radical (unpaired) electrons. The minimum Gasteiger partial charge on any atom is -0.506 e. The van der Waals surface area contributed by atoms with E-state index in [9.17, 15) is 9.90 Å². The zero-order valence-corrected chi connectivity index (χ0v) is 9.96. The minimum atomic E-state index is -0.984. The molecule has 0 aliphatic heterocycles. The van der Waals surface area contributed by atoms with Crippen LogP contribution in [0.2, 0.25) is 0 Å². The zero-order chi connectivity index (χ0) is 11.6. The van der Waals surface area contributed by atoms with Crippen molar-refractivity contribution in [3.05, 3.63) is 21.7 Å². The van der Waals surface area contributed by atoms with E-state index in [1.165, 1.54) is 7.11 Å². The van der Waals surface area contributed by atoms with Crippen LogP contribution in [0.15, 0.2) is 10.5 Å². The van der Waals surface area contributed by atoms with E-state index in [1.54, 1.807) is 13.0 Å². The molecule has 1 aromatic carbocycles. The number of methoxy groups -OCH3 is 1. The number of aliphatic carboxylic acids is 1. The molecule has 0 fully saturated rings. The maximum absolute atomic E-state index is 10.5. The summed E-state index contributed by atoms with van der Waals surface area (Å²) >= 11 is 3.16. The summed E-state index contributed by atoms with van der Waals surface area (Å²) in [4.78, 5) is 10.5. The Bertz CT molecular complexity index is 401. The summed E-state index contributed by atoms with van der Waals surface area (Å²) in [7, 11) is 1.49. The fraction of sp³-hybridized carbons (Fsp3) is 0.300. The van der Waals surface area contributed by atoms with Crippen molar-refractivity contribution >= 4 is 21.9 Å². The van der Waals surface area contributed by atoms with E-state index in [4.69, 9.17) is 9.84 Å². The van der Waals surface area contributed by atoms with Crippen LogP contribution in [0.3, 0.4) is 0 Å². The van der Waals surface area contributed by atoms with Crippen LogP contribution in [-0.4, -0.2) is 23.3 Å².